The molecule has 0 radical (unpaired) electrons. The van der Waals surface area contributed by atoms with E-state index in [1.54, 1.807) is 0 Å². The van der Waals surface area contributed by atoms with Crippen LogP contribution in [0.4, 0.5) is 0 Å². The summed E-state index contributed by atoms with van der Waals surface area (Å²) in [5.41, 5.74) is 0. The lowest BCUT2D eigenvalue weighted by Gasteiger charge is -2.18. The van der Waals surface area contributed by atoms with Gasteiger partial charge in [-0.1, -0.05) is 114 Å². The topological polar surface area (TPSA) is 27.7 Å². The first kappa shape index (κ1) is 26.9. The summed E-state index contributed by atoms with van der Waals surface area (Å²) in [5.74, 6) is 3.22. The van der Waals surface area contributed by atoms with Gasteiger partial charge in [0.2, 0.25) is 0 Å². The van der Waals surface area contributed by atoms with Gasteiger partial charge < -0.3 is 14.2 Å². The highest BCUT2D eigenvalue weighted by Gasteiger charge is 2.16. The molecule has 0 N–H and O–H groups in total. The number of benzene rings is 3. The molecule has 0 aromatic heterocycles. The summed E-state index contributed by atoms with van der Waals surface area (Å²) in [6, 6.07) is 20.3. The lowest BCUT2D eigenvalue weighted by atomic mass is 10.1. The molecular formula is C32H44O3. The summed E-state index contributed by atoms with van der Waals surface area (Å²) in [6.07, 6.45) is 14.9. The fourth-order valence-corrected chi connectivity index (χ4v) is 4.37. The van der Waals surface area contributed by atoms with E-state index in [2.05, 4.69) is 38.1 Å². The van der Waals surface area contributed by atoms with Crippen molar-refractivity contribution in [2.45, 2.75) is 90.9 Å². The Morgan fingerprint density at radius 2 is 1.14 bits per heavy atom. The Bertz CT molecular complexity index is 967. The molecule has 0 atom stereocenters. The van der Waals surface area contributed by atoms with E-state index >= 15 is 0 Å². The van der Waals surface area contributed by atoms with E-state index < -0.39 is 0 Å². The zero-order valence-electron chi connectivity index (χ0n) is 21.9. The molecule has 0 aliphatic carbocycles. The number of hydrogen-bond acceptors (Lipinski definition) is 3. The Balaban J connectivity index is 1.74. The molecule has 0 unspecified atom stereocenters. The van der Waals surface area contributed by atoms with Crippen LogP contribution in [-0.2, 0) is 0 Å². The molecule has 3 aromatic rings. The van der Waals surface area contributed by atoms with Gasteiger partial charge >= 0.3 is 0 Å². The molecule has 0 saturated heterocycles. The first-order chi connectivity index (χ1) is 17.3. The number of unbranched alkanes of at least 4 members (excludes halogenated alkanes) is 10. The molecular weight excluding hydrogens is 432 g/mol. The van der Waals surface area contributed by atoms with Gasteiger partial charge in [-0.3, -0.25) is 0 Å². The van der Waals surface area contributed by atoms with Gasteiger partial charge in [0, 0.05) is 0 Å². The van der Waals surface area contributed by atoms with Crippen LogP contribution in [0, 0.1) is 0 Å². The standard InChI is InChI=1S/C32H44O3/c1-3-5-7-9-11-16-25-33-29-22-18-19-27-23-24-30(35-28-20-14-13-15-21-28)32(31(27)29)34-26-17-12-10-8-6-4-2/h13-15,18-24H,3-12,16-17,25-26H2,1-2H3. The number of fused-ring (bicyclic) bond motifs is 1. The third-order valence-electron chi connectivity index (χ3n) is 6.39. The lowest BCUT2D eigenvalue weighted by Crippen LogP contribution is -2.03. The normalized spacial score (nSPS) is 11.0. The molecule has 0 heterocycles. The van der Waals surface area contributed by atoms with Gasteiger partial charge in [-0.05, 0) is 42.5 Å². The van der Waals surface area contributed by atoms with E-state index in [4.69, 9.17) is 14.2 Å². The molecule has 35 heavy (non-hydrogen) atoms. The van der Waals surface area contributed by atoms with Gasteiger partial charge in [0.15, 0.2) is 11.5 Å². The van der Waals surface area contributed by atoms with E-state index in [1.807, 2.05) is 36.4 Å². The highest BCUT2D eigenvalue weighted by Crippen LogP contribution is 2.43. The van der Waals surface area contributed by atoms with Crippen molar-refractivity contribution in [3.63, 3.8) is 0 Å². The smallest absolute Gasteiger partial charge is 0.173 e. The minimum Gasteiger partial charge on any atom is -0.493 e. The summed E-state index contributed by atoms with van der Waals surface area (Å²) in [5, 5.41) is 2.13. The maximum atomic E-state index is 6.44. The van der Waals surface area contributed by atoms with Crippen LogP contribution < -0.4 is 14.2 Å². The predicted molar refractivity (Wildman–Crippen MR) is 148 cm³/mol. The van der Waals surface area contributed by atoms with Crippen LogP contribution in [0.25, 0.3) is 10.8 Å². The molecule has 3 rings (SSSR count). The molecule has 3 aromatic carbocycles. The average Bonchev–Trinajstić information content (AvgIpc) is 2.89. The number of hydrogen-bond donors (Lipinski definition) is 0. The van der Waals surface area contributed by atoms with Gasteiger partial charge in [0.1, 0.15) is 11.5 Å². The van der Waals surface area contributed by atoms with Gasteiger partial charge in [-0.2, -0.15) is 0 Å². The van der Waals surface area contributed by atoms with Gasteiger partial charge in [-0.15, -0.1) is 0 Å². The van der Waals surface area contributed by atoms with E-state index in [1.165, 1.54) is 64.2 Å². The van der Waals surface area contributed by atoms with Crippen LogP contribution in [0.3, 0.4) is 0 Å². The maximum absolute atomic E-state index is 6.44. The molecule has 3 nitrogen and oxygen atoms in total. The fourth-order valence-electron chi connectivity index (χ4n) is 4.37. The summed E-state index contributed by atoms with van der Waals surface area (Å²) in [4.78, 5) is 0. The third-order valence-corrected chi connectivity index (χ3v) is 6.39. The van der Waals surface area contributed by atoms with Crippen molar-refractivity contribution in [2.24, 2.45) is 0 Å². The molecule has 3 heteroatoms. The zero-order valence-corrected chi connectivity index (χ0v) is 21.9. The van der Waals surface area contributed by atoms with E-state index in [9.17, 15) is 0 Å². The molecule has 0 aliphatic rings. The monoisotopic (exact) mass is 476 g/mol. The summed E-state index contributed by atoms with van der Waals surface area (Å²) < 4.78 is 19.0. The Kier molecular flexibility index (Phi) is 12.4. The molecule has 0 bridgehead atoms. The molecule has 0 fully saturated rings. The number of para-hydroxylation sites is 1. The Labute approximate surface area is 212 Å². The first-order valence-electron chi connectivity index (χ1n) is 13.9. The Hall–Kier alpha value is -2.68. The van der Waals surface area contributed by atoms with Crippen molar-refractivity contribution >= 4 is 10.8 Å². The first-order valence-corrected chi connectivity index (χ1v) is 13.9. The zero-order chi connectivity index (χ0) is 24.6. The maximum Gasteiger partial charge on any atom is 0.173 e. The number of rotatable bonds is 18. The highest BCUT2D eigenvalue weighted by molar-refractivity contribution is 5.96. The lowest BCUT2D eigenvalue weighted by molar-refractivity contribution is 0.288. The van der Waals surface area contributed by atoms with Crippen molar-refractivity contribution in [2.75, 3.05) is 13.2 Å². The second kappa shape index (κ2) is 16.1. The number of ether oxygens (including phenoxy) is 3. The van der Waals surface area contributed by atoms with Crippen LogP contribution in [0.5, 0.6) is 23.0 Å². The molecule has 0 amide bonds. The summed E-state index contributed by atoms with van der Waals surface area (Å²) in [7, 11) is 0. The van der Waals surface area contributed by atoms with Crippen LogP contribution >= 0.6 is 0 Å². The second-order valence-electron chi connectivity index (χ2n) is 9.39. The van der Waals surface area contributed by atoms with Crippen LogP contribution in [0.15, 0.2) is 60.7 Å². The highest BCUT2D eigenvalue weighted by atomic mass is 16.5. The summed E-state index contributed by atoms with van der Waals surface area (Å²) >= 11 is 0. The fraction of sp³-hybridized carbons (Fsp3) is 0.500. The third kappa shape index (κ3) is 9.12. The van der Waals surface area contributed by atoms with Crippen molar-refractivity contribution in [1.29, 1.82) is 0 Å². The van der Waals surface area contributed by atoms with Crippen LogP contribution in [0.2, 0.25) is 0 Å². The molecule has 0 saturated carbocycles. The van der Waals surface area contributed by atoms with Crippen molar-refractivity contribution in [1.82, 2.24) is 0 Å². The average molecular weight is 477 g/mol. The van der Waals surface area contributed by atoms with E-state index in [-0.39, 0.29) is 0 Å². The Morgan fingerprint density at radius 3 is 1.83 bits per heavy atom. The summed E-state index contributed by atoms with van der Waals surface area (Å²) in [6.45, 7) is 5.92. The minimum absolute atomic E-state index is 0.683. The van der Waals surface area contributed by atoms with Gasteiger partial charge in [0.05, 0.1) is 18.6 Å². The van der Waals surface area contributed by atoms with Gasteiger partial charge in [0.25, 0.3) is 0 Å². The Morgan fingerprint density at radius 1 is 0.514 bits per heavy atom. The van der Waals surface area contributed by atoms with Gasteiger partial charge in [-0.25, -0.2) is 0 Å². The molecule has 0 spiro atoms. The largest absolute Gasteiger partial charge is 0.493 e. The molecule has 190 valence electrons. The minimum atomic E-state index is 0.683. The van der Waals surface area contributed by atoms with Crippen LogP contribution in [-0.4, -0.2) is 13.2 Å². The van der Waals surface area contributed by atoms with Crippen molar-refractivity contribution < 1.29 is 14.2 Å². The SMILES string of the molecule is CCCCCCCCOc1cccc2ccc(Oc3ccccc3)c(OCCCCCCCC)c12. The van der Waals surface area contributed by atoms with E-state index in [0.717, 1.165) is 53.2 Å². The van der Waals surface area contributed by atoms with Crippen molar-refractivity contribution in [3.8, 4) is 23.0 Å². The predicted octanol–water partition coefficient (Wildman–Crippen LogP) is 10.1. The van der Waals surface area contributed by atoms with E-state index in [0.29, 0.717) is 6.61 Å². The quantitative estimate of drug-likeness (QED) is 0.171. The second-order valence-corrected chi connectivity index (χ2v) is 9.39. The van der Waals surface area contributed by atoms with Crippen molar-refractivity contribution in [3.05, 3.63) is 60.7 Å². The van der Waals surface area contributed by atoms with Crippen LogP contribution in [0.1, 0.15) is 90.9 Å². The molecule has 0 aliphatic heterocycles.